The van der Waals surface area contributed by atoms with Crippen LogP contribution in [0.5, 0.6) is 0 Å². The third-order valence-electron chi connectivity index (χ3n) is 4.07. The molecule has 0 saturated carbocycles. The molecule has 0 saturated heterocycles. The third kappa shape index (κ3) is 2.02. The van der Waals surface area contributed by atoms with Gasteiger partial charge in [-0.15, -0.1) is 0 Å². The number of fused-ring (bicyclic) bond motifs is 3. The smallest absolute Gasteiger partial charge is 0.374 e. The zero-order chi connectivity index (χ0) is 14.9. The molecule has 108 valence electrons. The summed E-state index contributed by atoms with van der Waals surface area (Å²) < 4.78 is 10.5. The summed E-state index contributed by atoms with van der Waals surface area (Å²) >= 11 is 0. The summed E-state index contributed by atoms with van der Waals surface area (Å²) in [5, 5.41) is 0. The maximum absolute atomic E-state index is 12.0. The van der Waals surface area contributed by atoms with Crippen LogP contribution in [-0.4, -0.2) is 12.6 Å². The Kier molecular flexibility index (Phi) is 3.04. The fraction of sp³-hybridized carbons (Fsp3) is 0.105. The van der Waals surface area contributed by atoms with E-state index in [0.717, 1.165) is 0 Å². The maximum atomic E-state index is 12.0. The Balaban J connectivity index is 1.63. The van der Waals surface area contributed by atoms with Crippen LogP contribution >= 0.6 is 0 Å². The first-order valence-electron chi connectivity index (χ1n) is 7.23. The van der Waals surface area contributed by atoms with Crippen LogP contribution in [0.1, 0.15) is 27.6 Å². The fourth-order valence-corrected chi connectivity index (χ4v) is 3.06. The summed E-state index contributed by atoms with van der Waals surface area (Å²) in [4.78, 5) is 12.0. The topological polar surface area (TPSA) is 39.4 Å². The van der Waals surface area contributed by atoms with Gasteiger partial charge in [0.1, 0.15) is 6.61 Å². The first-order valence-corrected chi connectivity index (χ1v) is 7.23. The van der Waals surface area contributed by atoms with Gasteiger partial charge in [-0.2, -0.15) is 0 Å². The molecule has 3 heteroatoms. The predicted octanol–water partition coefficient (Wildman–Crippen LogP) is 4.25. The second-order valence-electron chi connectivity index (χ2n) is 5.30. The van der Waals surface area contributed by atoms with E-state index < -0.39 is 5.97 Å². The molecule has 4 rings (SSSR count). The van der Waals surface area contributed by atoms with E-state index >= 15 is 0 Å². The Morgan fingerprint density at radius 3 is 2.14 bits per heavy atom. The van der Waals surface area contributed by atoms with E-state index in [9.17, 15) is 4.79 Å². The number of furan rings is 1. The van der Waals surface area contributed by atoms with Crippen molar-refractivity contribution in [3.8, 4) is 11.1 Å². The van der Waals surface area contributed by atoms with E-state index in [-0.39, 0.29) is 11.7 Å². The van der Waals surface area contributed by atoms with Crippen molar-refractivity contribution in [3.63, 3.8) is 0 Å². The number of hydrogen-bond donors (Lipinski definition) is 0. The van der Waals surface area contributed by atoms with Crippen LogP contribution in [0.3, 0.4) is 0 Å². The standard InChI is InChI=1S/C19H14O3/c20-19(18-10-5-11-21-18)22-12-17-15-8-3-1-6-13(15)14-7-2-4-9-16(14)17/h1-11,17H,12H2. The van der Waals surface area contributed by atoms with Crippen molar-refractivity contribution < 1.29 is 13.9 Å². The average Bonchev–Trinajstić information content (AvgIpc) is 3.20. The van der Waals surface area contributed by atoms with Crippen molar-refractivity contribution in [2.45, 2.75) is 5.92 Å². The Hall–Kier alpha value is -2.81. The average molecular weight is 290 g/mol. The second-order valence-corrected chi connectivity index (χ2v) is 5.30. The van der Waals surface area contributed by atoms with Gasteiger partial charge in [0.25, 0.3) is 0 Å². The monoisotopic (exact) mass is 290 g/mol. The first kappa shape index (κ1) is 12.9. The lowest BCUT2D eigenvalue weighted by Crippen LogP contribution is -2.12. The predicted molar refractivity (Wildman–Crippen MR) is 82.7 cm³/mol. The van der Waals surface area contributed by atoms with Gasteiger partial charge < -0.3 is 9.15 Å². The van der Waals surface area contributed by atoms with Gasteiger partial charge in [-0.3, -0.25) is 0 Å². The van der Waals surface area contributed by atoms with Gasteiger partial charge >= 0.3 is 5.97 Å². The summed E-state index contributed by atoms with van der Waals surface area (Å²) in [6.45, 7) is 0.313. The Morgan fingerprint density at radius 1 is 0.909 bits per heavy atom. The van der Waals surface area contributed by atoms with Crippen LogP contribution < -0.4 is 0 Å². The molecule has 1 heterocycles. The third-order valence-corrected chi connectivity index (χ3v) is 4.07. The van der Waals surface area contributed by atoms with Crippen LogP contribution in [0, 0.1) is 0 Å². The SMILES string of the molecule is O=C(OCC1c2ccccc2-c2ccccc21)c1ccco1. The van der Waals surface area contributed by atoms with Crippen LogP contribution in [0.4, 0.5) is 0 Å². The molecule has 0 aliphatic heterocycles. The molecule has 0 radical (unpaired) electrons. The maximum Gasteiger partial charge on any atom is 0.374 e. The van der Waals surface area contributed by atoms with Crippen LogP contribution in [0.15, 0.2) is 71.3 Å². The molecule has 3 nitrogen and oxygen atoms in total. The number of benzene rings is 2. The largest absolute Gasteiger partial charge is 0.459 e. The molecule has 0 atom stereocenters. The van der Waals surface area contributed by atoms with E-state index in [4.69, 9.17) is 9.15 Å². The van der Waals surface area contributed by atoms with Crippen molar-refractivity contribution in [3.05, 3.63) is 83.8 Å². The number of carbonyl (C=O) groups is 1. The Labute approximate surface area is 128 Å². The highest BCUT2D eigenvalue weighted by Gasteiger charge is 2.29. The van der Waals surface area contributed by atoms with E-state index in [2.05, 4.69) is 24.3 Å². The van der Waals surface area contributed by atoms with E-state index in [0.29, 0.717) is 6.61 Å². The summed E-state index contributed by atoms with van der Waals surface area (Å²) in [6.07, 6.45) is 1.47. The summed E-state index contributed by atoms with van der Waals surface area (Å²) in [6, 6.07) is 19.8. The lowest BCUT2D eigenvalue weighted by molar-refractivity contribution is 0.0457. The molecule has 1 aliphatic rings. The minimum Gasteiger partial charge on any atom is -0.459 e. The Morgan fingerprint density at radius 2 is 1.55 bits per heavy atom. The first-order chi connectivity index (χ1) is 10.8. The number of carbonyl (C=O) groups excluding carboxylic acids is 1. The molecule has 1 aromatic heterocycles. The van der Waals surface area contributed by atoms with Gasteiger partial charge in [-0.25, -0.2) is 4.79 Å². The number of hydrogen-bond acceptors (Lipinski definition) is 3. The summed E-state index contributed by atoms with van der Waals surface area (Å²) in [7, 11) is 0. The quantitative estimate of drug-likeness (QED) is 0.677. The van der Waals surface area contributed by atoms with E-state index in [1.54, 1.807) is 12.1 Å². The molecule has 22 heavy (non-hydrogen) atoms. The molecule has 0 fully saturated rings. The van der Waals surface area contributed by atoms with Gasteiger partial charge in [0.05, 0.1) is 6.26 Å². The van der Waals surface area contributed by atoms with Crippen LogP contribution in [0.2, 0.25) is 0 Å². The molecule has 0 amide bonds. The highest BCUT2D eigenvalue weighted by Crippen LogP contribution is 2.44. The molecule has 3 aromatic rings. The van der Waals surface area contributed by atoms with E-state index in [1.807, 2.05) is 24.3 Å². The lowest BCUT2D eigenvalue weighted by atomic mass is 9.98. The van der Waals surface area contributed by atoms with Gasteiger partial charge in [0.2, 0.25) is 5.76 Å². The van der Waals surface area contributed by atoms with Crippen molar-refractivity contribution in [1.29, 1.82) is 0 Å². The molecule has 0 spiro atoms. The molecule has 0 N–H and O–H groups in total. The van der Waals surface area contributed by atoms with Crippen molar-refractivity contribution in [1.82, 2.24) is 0 Å². The zero-order valence-corrected chi connectivity index (χ0v) is 11.9. The molecule has 0 unspecified atom stereocenters. The van der Waals surface area contributed by atoms with Crippen LogP contribution in [0.25, 0.3) is 11.1 Å². The molecular weight excluding hydrogens is 276 g/mol. The molecule has 1 aliphatic carbocycles. The highest BCUT2D eigenvalue weighted by atomic mass is 16.5. The molecule has 2 aromatic carbocycles. The van der Waals surface area contributed by atoms with E-state index in [1.165, 1.54) is 28.5 Å². The van der Waals surface area contributed by atoms with Crippen molar-refractivity contribution in [2.75, 3.05) is 6.61 Å². The molecule has 0 bridgehead atoms. The van der Waals surface area contributed by atoms with Gasteiger partial charge in [0.15, 0.2) is 0 Å². The zero-order valence-electron chi connectivity index (χ0n) is 11.9. The second kappa shape index (κ2) is 5.19. The molecular formula is C19H14O3. The van der Waals surface area contributed by atoms with Crippen molar-refractivity contribution >= 4 is 5.97 Å². The number of esters is 1. The summed E-state index contributed by atoms with van der Waals surface area (Å²) in [5.74, 6) is -0.113. The van der Waals surface area contributed by atoms with Crippen molar-refractivity contribution in [2.24, 2.45) is 0 Å². The van der Waals surface area contributed by atoms with Crippen LogP contribution in [-0.2, 0) is 4.74 Å². The van der Waals surface area contributed by atoms with Gasteiger partial charge in [-0.05, 0) is 34.4 Å². The highest BCUT2D eigenvalue weighted by molar-refractivity contribution is 5.86. The normalized spacial score (nSPS) is 12.7. The number of rotatable bonds is 3. The minimum atomic E-state index is -0.424. The van der Waals surface area contributed by atoms with Gasteiger partial charge in [-0.1, -0.05) is 48.5 Å². The minimum absolute atomic E-state index is 0.0753. The number of ether oxygens (including phenoxy) is 1. The Bertz CT molecular complexity index is 773. The summed E-state index contributed by atoms with van der Waals surface area (Å²) in [5.41, 5.74) is 4.85. The van der Waals surface area contributed by atoms with Gasteiger partial charge in [0, 0.05) is 5.92 Å². The lowest BCUT2D eigenvalue weighted by Gasteiger charge is -2.13. The fourth-order valence-electron chi connectivity index (χ4n) is 3.06.